The van der Waals surface area contributed by atoms with E-state index in [-0.39, 0.29) is 11.4 Å². The molecule has 21 heavy (non-hydrogen) atoms. The molecule has 0 radical (unpaired) electrons. The number of carbonyl (C=O) groups is 3. The second-order valence-electron chi connectivity index (χ2n) is 4.16. The van der Waals surface area contributed by atoms with Gasteiger partial charge in [0.2, 0.25) is 11.8 Å². The molecule has 1 aromatic carbocycles. The lowest BCUT2D eigenvalue weighted by molar-refractivity contribution is -0.137. The number of anilines is 1. The number of halogens is 3. The molecule has 0 atom stereocenters. The van der Waals surface area contributed by atoms with Gasteiger partial charge in [-0.05, 0) is 18.2 Å². The van der Waals surface area contributed by atoms with Gasteiger partial charge in [-0.2, -0.15) is 13.2 Å². The molecular formula is C12H9F3N2O3S. The normalized spacial score (nSPS) is 15.5. The molecule has 1 fully saturated rings. The predicted octanol–water partition coefficient (Wildman–Crippen LogP) is 2.34. The largest absolute Gasteiger partial charge is 0.416 e. The van der Waals surface area contributed by atoms with Crippen LogP contribution in [0.1, 0.15) is 5.56 Å². The van der Waals surface area contributed by atoms with Gasteiger partial charge in [-0.3, -0.25) is 19.3 Å². The van der Waals surface area contributed by atoms with Crippen LogP contribution in [0.25, 0.3) is 0 Å². The molecule has 0 bridgehead atoms. The van der Waals surface area contributed by atoms with Crippen LogP contribution in [0, 0.1) is 0 Å². The number of carbonyl (C=O) groups excluding carboxylic acids is 3. The number of nitrogens with zero attached hydrogens (tertiary/aromatic N) is 1. The van der Waals surface area contributed by atoms with Gasteiger partial charge in [-0.25, -0.2) is 0 Å². The topological polar surface area (TPSA) is 66.5 Å². The van der Waals surface area contributed by atoms with E-state index < -0.39 is 35.3 Å². The number of hydrogen-bond donors (Lipinski definition) is 1. The number of alkyl halides is 3. The van der Waals surface area contributed by atoms with Gasteiger partial charge in [0.15, 0.2) is 0 Å². The van der Waals surface area contributed by atoms with Gasteiger partial charge in [-0.15, -0.1) is 0 Å². The number of hydrogen-bond acceptors (Lipinski definition) is 4. The van der Waals surface area contributed by atoms with E-state index >= 15 is 0 Å². The van der Waals surface area contributed by atoms with Crippen LogP contribution >= 0.6 is 11.8 Å². The molecule has 1 N–H and O–H groups in total. The van der Waals surface area contributed by atoms with Crippen molar-refractivity contribution in [2.45, 2.75) is 6.18 Å². The first kappa shape index (κ1) is 15.4. The molecule has 0 aromatic heterocycles. The van der Waals surface area contributed by atoms with Gasteiger partial charge in [0.05, 0.1) is 11.3 Å². The van der Waals surface area contributed by atoms with Crippen molar-refractivity contribution in [1.82, 2.24) is 4.90 Å². The third-order valence-electron chi connectivity index (χ3n) is 2.62. The summed E-state index contributed by atoms with van der Waals surface area (Å²) in [4.78, 5) is 35.0. The molecule has 0 aliphatic carbocycles. The summed E-state index contributed by atoms with van der Waals surface area (Å²) in [6.45, 7) is -0.513. The Bertz CT molecular complexity index is 588. The Morgan fingerprint density at radius 2 is 2.05 bits per heavy atom. The van der Waals surface area contributed by atoms with E-state index in [0.717, 1.165) is 34.9 Å². The molecule has 0 unspecified atom stereocenters. The third kappa shape index (κ3) is 3.75. The van der Waals surface area contributed by atoms with Crippen LogP contribution in [0.2, 0.25) is 0 Å². The molecule has 2 rings (SSSR count). The minimum absolute atomic E-state index is 0.0321. The summed E-state index contributed by atoms with van der Waals surface area (Å²) in [6.07, 6.45) is -4.52. The molecule has 5 nitrogen and oxygen atoms in total. The lowest BCUT2D eigenvalue weighted by atomic mass is 10.2. The molecule has 1 aromatic rings. The molecule has 9 heteroatoms. The SMILES string of the molecule is O=C(CN1C(=O)CSC1=O)Nc1cccc(C(F)(F)F)c1. The fourth-order valence-electron chi connectivity index (χ4n) is 1.65. The van der Waals surface area contributed by atoms with Crippen molar-refractivity contribution in [2.24, 2.45) is 0 Å². The first-order valence-corrected chi connectivity index (χ1v) is 6.70. The summed E-state index contributed by atoms with van der Waals surface area (Å²) in [5.74, 6) is -1.27. The van der Waals surface area contributed by atoms with Crippen molar-refractivity contribution in [3.63, 3.8) is 0 Å². The Hall–Kier alpha value is -2.03. The van der Waals surface area contributed by atoms with Crippen molar-refractivity contribution < 1.29 is 27.6 Å². The number of imide groups is 1. The van der Waals surface area contributed by atoms with Gasteiger partial charge < -0.3 is 5.32 Å². The van der Waals surface area contributed by atoms with Crippen LogP contribution in [0.4, 0.5) is 23.7 Å². The quantitative estimate of drug-likeness (QED) is 0.929. The second-order valence-corrected chi connectivity index (χ2v) is 5.09. The predicted molar refractivity (Wildman–Crippen MR) is 69.6 cm³/mol. The summed E-state index contributed by atoms with van der Waals surface area (Å²) in [5.41, 5.74) is -0.953. The minimum atomic E-state index is -4.52. The van der Waals surface area contributed by atoms with Crippen LogP contribution in [-0.4, -0.2) is 34.3 Å². The zero-order chi connectivity index (χ0) is 15.6. The molecule has 1 saturated heterocycles. The van der Waals surface area contributed by atoms with Crippen LogP contribution in [-0.2, 0) is 15.8 Å². The molecule has 0 saturated carbocycles. The van der Waals surface area contributed by atoms with E-state index in [9.17, 15) is 27.6 Å². The Kier molecular flexibility index (Phi) is 4.21. The van der Waals surface area contributed by atoms with Gasteiger partial charge >= 0.3 is 6.18 Å². The first-order valence-electron chi connectivity index (χ1n) is 5.71. The van der Waals surface area contributed by atoms with E-state index in [1.165, 1.54) is 6.07 Å². The lowest BCUT2D eigenvalue weighted by Gasteiger charge is -2.13. The summed E-state index contributed by atoms with van der Waals surface area (Å²) < 4.78 is 37.6. The maximum absolute atomic E-state index is 12.5. The summed E-state index contributed by atoms with van der Waals surface area (Å²) in [5, 5.41) is 1.69. The number of rotatable bonds is 3. The zero-order valence-corrected chi connectivity index (χ0v) is 11.3. The molecule has 1 aliphatic heterocycles. The lowest BCUT2D eigenvalue weighted by Crippen LogP contribution is -2.36. The Balaban J connectivity index is 2.03. The Labute approximate surface area is 121 Å². The number of thioether (sulfide) groups is 1. The van der Waals surface area contributed by atoms with Gasteiger partial charge in [-0.1, -0.05) is 17.8 Å². The zero-order valence-electron chi connectivity index (χ0n) is 10.4. The van der Waals surface area contributed by atoms with Gasteiger partial charge in [0.1, 0.15) is 6.54 Å². The first-order chi connectivity index (χ1) is 9.77. The summed E-state index contributed by atoms with van der Waals surface area (Å²) in [7, 11) is 0. The highest BCUT2D eigenvalue weighted by molar-refractivity contribution is 8.14. The molecular weight excluding hydrogens is 309 g/mol. The van der Waals surface area contributed by atoms with E-state index in [1.54, 1.807) is 0 Å². The number of amides is 3. The van der Waals surface area contributed by atoms with Crippen molar-refractivity contribution in [3.05, 3.63) is 29.8 Å². The van der Waals surface area contributed by atoms with Crippen LogP contribution in [0.15, 0.2) is 24.3 Å². The third-order valence-corrected chi connectivity index (χ3v) is 3.47. The highest BCUT2D eigenvalue weighted by Gasteiger charge is 2.32. The van der Waals surface area contributed by atoms with Crippen LogP contribution < -0.4 is 5.32 Å². The molecule has 1 aliphatic rings. The van der Waals surface area contributed by atoms with Crippen molar-refractivity contribution in [1.29, 1.82) is 0 Å². The highest BCUT2D eigenvalue weighted by atomic mass is 32.2. The average Bonchev–Trinajstić information content (AvgIpc) is 2.70. The standard InChI is InChI=1S/C12H9F3N2O3S/c13-12(14,15)7-2-1-3-8(4-7)16-9(18)5-17-10(19)6-21-11(17)20/h1-4H,5-6H2,(H,16,18). The number of nitrogens with one attached hydrogen (secondary N) is 1. The Morgan fingerprint density at radius 3 is 2.62 bits per heavy atom. The second kappa shape index (κ2) is 5.76. The van der Waals surface area contributed by atoms with E-state index in [1.807, 2.05) is 0 Å². The molecule has 112 valence electrons. The van der Waals surface area contributed by atoms with Crippen molar-refractivity contribution >= 4 is 34.5 Å². The smallest absolute Gasteiger partial charge is 0.325 e. The number of benzene rings is 1. The van der Waals surface area contributed by atoms with Crippen molar-refractivity contribution in [2.75, 3.05) is 17.6 Å². The summed E-state index contributed by atoms with van der Waals surface area (Å²) >= 11 is 0.776. The maximum atomic E-state index is 12.5. The fourth-order valence-corrected chi connectivity index (χ4v) is 2.38. The Morgan fingerprint density at radius 1 is 1.33 bits per heavy atom. The molecule has 1 heterocycles. The van der Waals surface area contributed by atoms with E-state index in [4.69, 9.17) is 0 Å². The monoisotopic (exact) mass is 318 g/mol. The maximum Gasteiger partial charge on any atom is 0.416 e. The highest BCUT2D eigenvalue weighted by Crippen LogP contribution is 2.30. The van der Waals surface area contributed by atoms with Gasteiger partial charge in [0.25, 0.3) is 5.24 Å². The average molecular weight is 318 g/mol. The minimum Gasteiger partial charge on any atom is -0.325 e. The summed E-state index contributed by atoms with van der Waals surface area (Å²) in [6, 6.07) is 4.09. The van der Waals surface area contributed by atoms with Crippen molar-refractivity contribution in [3.8, 4) is 0 Å². The molecule has 3 amide bonds. The van der Waals surface area contributed by atoms with Crippen LogP contribution in [0.5, 0.6) is 0 Å². The van der Waals surface area contributed by atoms with E-state index in [2.05, 4.69) is 5.32 Å². The molecule has 0 spiro atoms. The van der Waals surface area contributed by atoms with E-state index in [0.29, 0.717) is 0 Å². The van der Waals surface area contributed by atoms with Gasteiger partial charge in [0, 0.05) is 5.69 Å². The van der Waals surface area contributed by atoms with Crippen LogP contribution in [0.3, 0.4) is 0 Å². The fraction of sp³-hybridized carbons (Fsp3) is 0.250.